The Morgan fingerprint density at radius 2 is 1.73 bits per heavy atom. The SMILES string of the molecule is CC(=O)C1CC(=O)CC(=O)C1. The lowest BCUT2D eigenvalue weighted by Crippen LogP contribution is -2.26. The topological polar surface area (TPSA) is 51.2 Å². The van der Waals surface area contributed by atoms with E-state index in [2.05, 4.69) is 0 Å². The van der Waals surface area contributed by atoms with Crippen molar-refractivity contribution in [1.29, 1.82) is 0 Å². The molecule has 1 fully saturated rings. The second-order valence-corrected chi connectivity index (χ2v) is 2.97. The molecule has 0 saturated heterocycles. The maximum absolute atomic E-state index is 10.8. The highest BCUT2D eigenvalue weighted by molar-refractivity contribution is 6.05. The first-order valence-corrected chi connectivity index (χ1v) is 3.63. The lowest BCUT2D eigenvalue weighted by atomic mass is 9.85. The molecule has 0 spiro atoms. The third-order valence-electron chi connectivity index (χ3n) is 1.92. The standard InChI is InChI=1S/C8H10O3/c1-5(9)6-2-7(10)4-8(11)3-6/h6H,2-4H2,1H3. The molecule has 11 heavy (non-hydrogen) atoms. The summed E-state index contributed by atoms with van der Waals surface area (Å²) in [7, 11) is 0. The van der Waals surface area contributed by atoms with Gasteiger partial charge in [-0.1, -0.05) is 0 Å². The minimum atomic E-state index is -0.330. The largest absolute Gasteiger partial charge is 0.300 e. The molecule has 0 bridgehead atoms. The number of rotatable bonds is 1. The van der Waals surface area contributed by atoms with Gasteiger partial charge in [-0.15, -0.1) is 0 Å². The molecule has 0 atom stereocenters. The van der Waals surface area contributed by atoms with Gasteiger partial charge >= 0.3 is 0 Å². The number of carbonyl (C=O) groups is 3. The molecule has 0 radical (unpaired) electrons. The average Bonchev–Trinajstić information content (AvgIpc) is 1.85. The van der Waals surface area contributed by atoms with Crippen LogP contribution in [0.1, 0.15) is 26.2 Å². The van der Waals surface area contributed by atoms with E-state index in [4.69, 9.17) is 0 Å². The lowest BCUT2D eigenvalue weighted by Gasteiger charge is -2.16. The molecule has 1 aliphatic carbocycles. The van der Waals surface area contributed by atoms with Gasteiger partial charge < -0.3 is 0 Å². The lowest BCUT2D eigenvalue weighted by molar-refractivity contribution is -0.136. The summed E-state index contributed by atoms with van der Waals surface area (Å²) in [6, 6.07) is 0. The summed E-state index contributed by atoms with van der Waals surface area (Å²) in [6.45, 7) is 1.43. The van der Waals surface area contributed by atoms with Crippen LogP contribution in [0.4, 0.5) is 0 Å². The van der Waals surface area contributed by atoms with Crippen molar-refractivity contribution in [3.05, 3.63) is 0 Å². The Kier molecular flexibility index (Phi) is 2.17. The molecule has 0 aliphatic heterocycles. The van der Waals surface area contributed by atoms with Gasteiger partial charge in [0.2, 0.25) is 0 Å². The Hall–Kier alpha value is -0.990. The molecule has 0 heterocycles. The summed E-state index contributed by atoms with van der Waals surface area (Å²) in [6.07, 6.45) is 0.561. The van der Waals surface area contributed by atoms with Gasteiger partial charge in [0.25, 0.3) is 0 Å². The molecular weight excluding hydrogens is 144 g/mol. The van der Waals surface area contributed by atoms with Crippen molar-refractivity contribution in [2.45, 2.75) is 26.2 Å². The highest BCUT2D eigenvalue weighted by atomic mass is 16.2. The zero-order valence-corrected chi connectivity index (χ0v) is 6.42. The summed E-state index contributed by atoms with van der Waals surface area (Å²) in [5.74, 6) is -0.571. The van der Waals surface area contributed by atoms with Crippen molar-refractivity contribution in [3.8, 4) is 0 Å². The molecule has 60 valence electrons. The Bertz CT molecular complexity index is 201. The van der Waals surface area contributed by atoms with Gasteiger partial charge in [0.15, 0.2) is 0 Å². The van der Waals surface area contributed by atoms with Gasteiger partial charge in [0.1, 0.15) is 17.3 Å². The Morgan fingerprint density at radius 1 is 1.27 bits per heavy atom. The van der Waals surface area contributed by atoms with Crippen LogP contribution in [0.2, 0.25) is 0 Å². The monoisotopic (exact) mass is 154 g/mol. The van der Waals surface area contributed by atoms with E-state index in [0.717, 1.165) is 0 Å². The number of carbonyl (C=O) groups excluding carboxylic acids is 3. The molecule has 0 aromatic heterocycles. The molecule has 0 aromatic rings. The molecule has 0 amide bonds. The van der Waals surface area contributed by atoms with Gasteiger partial charge in [0, 0.05) is 18.8 Å². The van der Waals surface area contributed by atoms with Crippen molar-refractivity contribution in [2.24, 2.45) is 5.92 Å². The summed E-state index contributed by atoms with van der Waals surface area (Å²) in [5, 5.41) is 0. The Balaban J connectivity index is 2.63. The van der Waals surface area contributed by atoms with E-state index < -0.39 is 0 Å². The van der Waals surface area contributed by atoms with E-state index in [1.165, 1.54) is 6.92 Å². The molecule has 1 rings (SSSR count). The molecular formula is C8H10O3. The summed E-state index contributed by atoms with van der Waals surface area (Å²) >= 11 is 0. The van der Waals surface area contributed by atoms with Crippen LogP contribution in [0.25, 0.3) is 0 Å². The van der Waals surface area contributed by atoms with Crippen molar-refractivity contribution >= 4 is 17.3 Å². The maximum Gasteiger partial charge on any atom is 0.140 e. The molecule has 0 aromatic carbocycles. The smallest absolute Gasteiger partial charge is 0.140 e. The number of Topliss-reactive ketones (excluding diaryl/α,β-unsaturated/α-hetero) is 3. The first-order chi connectivity index (χ1) is 5.09. The maximum atomic E-state index is 10.8. The van der Waals surface area contributed by atoms with Crippen molar-refractivity contribution in [1.82, 2.24) is 0 Å². The Morgan fingerprint density at radius 3 is 2.09 bits per heavy atom. The van der Waals surface area contributed by atoms with E-state index in [-0.39, 0.29) is 42.5 Å². The van der Waals surface area contributed by atoms with Crippen molar-refractivity contribution < 1.29 is 14.4 Å². The molecule has 0 unspecified atom stereocenters. The van der Waals surface area contributed by atoms with E-state index in [1.807, 2.05) is 0 Å². The second kappa shape index (κ2) is 2.95. The highest BCUT2D eigenvalue weighted by Gasteiger charge is 2.27. The van der Waals surface area contributed by atoms with Gasteiger partial charge in [-0.3, -0.25) is 14.4 Å². The van der Waals surface area contributed by atoms with Crippen LogP contribution in [-0.4, -0.2) is 17.3 Å². The zero-order valence-electron chi connectivity index (χ0n) is 6.42. The zero-order chi connectivity index (χ0) is 8.43. The summed E-state index contributed by atoms with van der Waals surface area (Å²) < 4.78 is 0. The molecule has 1 aliphatic rings. The highest BCUT2D eigenvalue weighted by Crippen LogP contribution is 2.19. The minimum absolute atomic E-state index is 0.0315. The predicted molar refractivity (Wildman–Crippen MR) is 38.0 cm³/mol. The van der Waals surface area contributed by atoms with Gasteiger partial charge in [0.05, 0.1) is 6.42 Å². The third kappa shape index (κ3) is 1.97. The third-order valence-corrected chi connectivity index (χ3v) is 1.92. The van der Waals surface area contributed by atoms with Crippen LogP contribution in [0.5, 0.6) is 0 Å². The van der Waals surface area contributed by atoms with E-state index in [9.17, 15) is 14.4 Å². The fourth-order valence-corrected chi connectivity index (χ4v) is 1.27. The second-order valence-electron chi connectivity index (χ2n) is 2.97. The minimum Gasteiger partial charge on any atom is -0.300 e. The van der Waals surface area contributed by atoms with Crippen LogP contribution in [0, 0.1) is 5.92 Å². The Labute approximate surface area is 64.8 Å². The first-order valence-electron chi connectivity index (χ1n) is 3.63. The van der Waals surface area contributed by atoms with Crippen LogP contribution in [0.15, 0.2) is 0 Å². The molecule has 3 nitrogen and oxygen atoms in total. The van der Waals surface area contributed by atoms with E-state index >= 15 is 0 Å². The van der Waals surface area contributed by atoms with Crippen molar-refractivity contribution in [2.75, 3.05) is 0 Å². The van der Waals surface area contributed by atoms with E-state index in [0.29, 0.717) is 0 Å². The van der Waals surface area contributed by atoms with Crippen molar-refractivity contribution in [3.63, 3.8) is 0 Å². The van der Waals surface area contributed by atoms with Crippen LogP contribution in [-0.2, 0) is 14.4 Å². The molecule has 0 N–H and O–H groups in total. The fraction of sp³-hybridized carbons (Fsp3) is 0.625. The fourth-order valence-electron chi connectivity index (χ4n) is 1.27. The summed E-state index contributed by atoms with van der Waals surface area (Å²) in [5.41, 5.74) is 0. The van der Waals surface area contributed by atoms with Gasteiger partial charge in [-0.2, -0.15) is 0 Å². The predicted octanol–water partition coefficient (Wildman–Crippen LogP) is 0.514. The number of hydrogen-bond donors (Lipinski definition) is 0. The number of hydrogen-bond acceptors (Lipinski definition) is 3. The van der Waals surface area contributed by atoms with Gasteiger partial charge in [-0.25, -0.2) is 0 Å². The van der Waals surface area contributed by atoms with Crippen LogP contribution < -0.4 is 0 Å². The average molecular weight is 154 g/mol. The van der Waals surface area contributed by atoms with Crippen LogP contribution in [0.3, 0.4) is 0 Å². The molecule has 3 heteroatoms. The quantitative estimate of drug-likeness (QED) is 0.517. The molecule has 1 saturated carbocycles. The number of ketones is 3. The summed E-state index contributed by atoms with van der Waals surface area (Å²) in [4.78, 5) is 32.4. The van der Waals surface area contributed by atoms with E-state index in [1.54, 1.807) is 0 Å². The normalized spacial score (nSPS) is 20.5. The first kappa shape index (κ1) is 8.11. The van der Waals surface area contributed by atoms with Gasteiger partial charge in [-0.05, 0) is 6.92 Å². The van der Waals surface area contributed by atoms with Crippen LogP contribution >= 0.6 is 0 Å².